The summed E-state index contributed by atoms with van der Waals surface area (Å²) in [4.78, 5) is 10.3. The van der Waals surface area contributed by atoms with Gasteiger partial charge in [0.05, 0.1) is 44.2 Å². The summed E-state index contributed by atoms with van der Waals surface area (Å²) in [5, 5.41) is 6.83. The molecule has 0 amide bonds. The third-order valence-electron chi connectivity index (χ3n) is 11.3. The van der Waals surface area contributed by atoms with Crippen LogP contribution in [0.2, 0.25) is 0 Å². The molecule has 12 rings (SSSR count). The summed E-state index contributed by atoms with van der Waals surface area (Å²) in [6, 6.07) is 68.1. The second-order valence-corrected chi connectivity index (χ2v) is 14.5. The van der Waals surface area contributed by atoms with Gasteiger partial charge in [0, 0.05) is 49.6 Å². The number of furan rings is 1. The van der Waals surface area contributed by atoms with Crippen LogP contribution < -0.4 is 0 Å². The molecule has 4 heterocycles. The van der Waals surface area contributed by atoms with Crippen molar-refractivity contribution >= 4 is 65.6 Å². The van der Waals surface area contributed by atoms with E-state index in [-0.39, 0.29) is 0 Å². The summed E-state index contributed by atoms with van der Waals surface area (Å²) >= 11 is 0. The van der Waals surface area contributed by atoms with E-state index in [0.29, 0.717) is 5.82 Å². The number of nitrogens with zero attached hydrogens (tertiary/aromatic N) is 4. The van der Waals surface area contributed by atoms with Crippen molar-refractivity contribution in [3.05, 3.63) is 194 Å². The van der Waals surface area contributed by atoms with Gasteiger partial charge < -0.3 is 13.6 Å². The van der Waals surface area contributed by atoms with Gasteiger partial charge in [0.25, 0.3) is 0 Å². The molecule has 12 aromatic rings. The maximum absolute atomic E-state index is 6.98. The lowest BCUT2D eigenvalue weighted by Gasteiger charge is -2.13. The predicted octanol–water partition coefficient (Wildman–Crippen LogP) is 13.6. The highest BCUT2D eigenvalue weighted by atomic mass is 16.3. The van der Waals surface area contributed by atoms with Crippen LogP contribution >= 0.6 is 0 Å². The molecule has 0 bridgehead atoms. The minimum atomic E-state index is 0.692. The van der Waals surface area contributed by atoms with Crippen LogP contribution in [0.3, 0.4) is 0 Å². The molecule has 0 N–H and O–H groups in total. The zero-order valence-electron chi connectivity index (χ0n) is 30.7. The lowest BCUT2D eigenvalue weighted by Crippen LogP contribution is -1.98. The molecular weight excluding hydrogens is 697 g/mol. The molecule has 0 radical (unpaired) electrons. The van der Waals surface area contributed by atoms with E-state index in [2.05, 4.69) is 179 Å². The van der Waals surface area contributed by atoms with Gasteiger partial charge in [-0.3, -0.25) is 0 Å². The number of hydrogen-bond donors (Lipinski definition) is 0. The molecule has 0 aliphatic carbocycles. The maximum Gasteiger partial charge on any atom is 0.160 e. The Bertz CT molecular complexity index is 3450. The van der Waals surface area contributed by atoms with Crippen molar-refractivity contribution in [2.75, 3.05) is 0 Å². The Hall–Kier alpha value is -7.76. The first-order valence-corrected chi connectivity index (χ1v) is 19.3. The van der Waals surface area contributed by atoms with Gasteiger partial charge >= 0.3 is 0 Å². The van der Waals surface area contributed by atoms with Crippen LogP contribution in [0.1, 0.15) is 0 Å². The number of para-hydroxylation sites is 4. The van der Waals surface area contributed by atoms with Crippen LogP contribution in [0, 0.1) is 0 Å². The molecule has 0 aliphatic heterocycles. The monoisotopic (exact) mass is 728 g/mol. The molecule has 0 atom stereocenters. The molecule has 0 fully saturated rings. The minimum absolute atomic E-state index is 0.692. The fourth-order valence-electron chi connectivity index (χ4n) is 8.87. The Morgan fingerprint density at radius 1 is 0.368 bits per heavy atom. The van der Waals surface area contributed by atoms with Crippen molar-refractivity contribution in [2.45, 2.75) is 0 Å². The van der Waals surface area contributed by atoms with Crippen LogP contribution in [-0.4, -0.2) is 19.1 Å². The van der Waals surface area contributed by atoms with Crippen LogP contribution in [0.5, 0.6) is 0 Å². The fraction of sp³-hybridized carbons (Fsp3) is 0. The standard InChI is InChI=1S/C52H32N4O/c1-4-17-33(18-5-1)41-32-42(54-52(53-41)34-19-6-2-7-20-34)35-21-16-24-37(31-35)56-43-28-13-10-25-38(43)46-49-47(51-48(50(46)56)40-27-12-15-30-45(40)57-51)39-26-11-14-29-44(39)55(49)36-22-8-3-9-23-36/h1-32H. The zero-order chi connectivity index (χ0) is 37.5. The second-order valence-electron chi connectivity index (χ2n) is 14.5. The lowest BCUT2D eigenvalue weighted by atomic mass is 10.0. The van der Waals surface area contributed by atoms with E-state index in [1.165, 1.54) is 10.8 Å². The maximum atomic E-state index is 6.98. The van der Waals surface area contributed by atoms with E-state index in [1.807, 2.05) is 24.3 Å². The fourth-order valence-corrected chi connectivity index (χ4v) is 8.87. The average Bonchev–Trinajstić information content (AvgIpc) is 3.95. The molecule has 0 aliphatic rings. The Balaban J connectivity index is 1.22. The molecular formula is C52H32N4O. The predicted molar refractivity (Wildman–Crippen MR) is 234 cm³/mol. The normalized spacial score (nSPS) is 11.9. The molecule has 57 heavy (non-hydrogen) atoms. The highest BCUT2D eigenvalue weighted by Gasteiger charge is 2.27. The average molecular weight is 729 g/mol. The summed E-state index contributed by atoms with van der Waals surface area (Å²) in [5.41, 5.74) is 13.1. The van der Waals surface area contributed by atoms with Crippen molar-refractivity contribution in [1.82, 2.24) is 19.1 Å². The van der Waals surface area contributed by atoms with Gasteiger partial charge in [-0.15, -0.1) is 0 Å². The van der Waals surface area contributed by atoms with E-state index in [0.717, 1.165) is 94.2 Å². The van der Waals surface area contributed by atoms with Crippen molar-refractivity contribution < 1.29 is 4.42 Å². The van der Waals surface area contributed by atoms with Gasteiger partial charge in [0.2, 0.25) is 0 Å². The van der Waals surface area contributed by atoms with Crippen LogP contribution in [0.15, 0.2) is 199 Å². The van der Waals surface area contributed by atoms with E-state index in [4.69, 9.17) is 14.4 Å². The first-order chi connectivity index (χ1) is 28.3. The van der Waals surface area contributed by atoms with E-state index >= 15 is 0 Å². The Labute approximate surface area is 327 Å². The topological polar surface area (TPSA) is 48.8 Å². The summed E-state index contributed by atoms with van der Waals surface area (Å²) in [6.07, 6.45) is 0. The molecule has 266 valence electrons. The van der Waals surface area contributed by atoms with E-state index in [1.54, 1.807) is 0 Å². The van der Waals surface area contributed by atoms with Gasteiger partial charge in [0.1, 0.15) is 11.2 Å². The molecule has 5 heteroatoms. The van der Waals surface area contributed by atoms with E-state index < -0.39 is 0 Å². The number of rotatable bonds is 5. The minimum Gasteiger partial charge on any atom is -0.455 e. The molecule has 0 saturated heterocycles. The summed E-state index contributed by atoms with van der Waals surface area (Å²) in [6.45, 7) is 0. The zero-order valence-corrected chi connectivity index (χ0v) is 30.7. The van der Waals surface area contributed by atoms with Gasteiger partial charge in [0.15, 0.2) is 5.82 Å². The van der Waals surface area contributed by atoms with Gasteiger partial charge in [-0.2, -0.15) is 0 Å². The number of fused-ring (bicyclic) bond motifs is 12. The second kappa shape index (κ2) is 12.4. The molecule has 0 saturated carbocycles. The van der Waals surface area contributed by atoms with Crippen LogP contribution in [0.25, 0.3) is 111 Å². The SMILES string of the molecule is c1ccc(-c2cc(-c3cccc(-n4c5ccccc5c5c6c(c7ccccc7n6-c6ccccc6)c6oc7ccccc7c6c54)c3)nc(-c3ccccc3)n2)cc1. The van der Waals surface area contributed by atoms with Crippen LogP contribution in [0.4, 0.5) is 0 Å². The first-order valence-electron chi connectivity index (χ1n) is 19.3. The van der Waals surface area contributed by atoms with Crippen LogP contribution in [-0.2, 0) is 0 Å². The summed E-state index contributed by atoms with van der Waals surface area (Å²) < 4.78 is 11.8. The molecule has 0 unspecified atom stereocenters. The molecule has 8 aromatic carbocycles. The highest BCUT2D eigenvalue weighted by molar-refractivity contribution is 6.39. The van der Waals surface area contributed by atoms with Crippen molar-refractivity contribution in [3.63, 3.8) is 0 Å². The first kappa shape index (κ1) is 31.6. The van der Waals surface area contributed by atoms with Gasteiger partial charge in [-0.1, -0.05) is 146 Å². The third kappa shape index (κ3) is 4.76. The summed E-state index contributed by atoms with van der Waals surface area (Å²) in [7, 11) is 0. The smallest absolute Gasteiger partial charge is 0.160 e. The Morgan fingerprint density at radius 3 is 1.56 bits per heavy atom. The quantitative estimate of drug-likeness (QED) is 0.177. The van der Waals surface area contributed by atoms with Crippen molar-refractivity contribution in [3.8, 4) is 45.3 Å². The largest absolute Gasteiger partial charge is 0.455 e. The van der Waals surface area contributed by atoms with E-state index in [9.17, 15) is 0 Å². The Kier molecular flexibility index (Phi) is 6.86. The molecule has 5 nitrogen and oxygen atoms in total. The number of hydrogen-bond acceptors (Lipinski definition) is 3. The Morgan fingerprint density at radius 2 is 0.860 bits per heavy atom. The van der Waals surface area contributed by atoms with Gasteiger partial charge in [-0.05, 0) is 48.5 Å². The lowest BCUT2D eigenvalue weighted by molar-refractivity contribution is 0.673. The van der Waals surface area contributed by atoms with Crippen molar-refractivity contribution in [2.24, 2.45) is 0 Å². The number of aromatic nitrogens is 4. The van der Waals surface area contributed by atoms with Crippen molar-refractivity contribution in [1.29, 1.82) is 0 Å². The third-order valence-corrected chi connectivity index (χ3v) is 11.3. The highest BCUT2D eigenvalue weighted by Crippen LogP contribution is 2.49. The number of benzene rings is 8. The summed E-state index contributed by atoms with van der Waals surface area (Å²) in [5.74, 6) is 0.692. The molecule has 0 spiro atoms. The molecule has 4 aromatic heterocycles. The van der Waals surface area contributed by atoms with Gasteiger partial charge in [-0.25, -0.2) is 9.97 Å².